The molecule has 10 aromatic carbocycles. The van der Waals surface area contributed by atoms with E-state index >= 15 is 0 Å². The van der Waals surface area contributed by atoms with Crippen molar-refractivity contribution in [2.75, 3.05) is 0 Å². The fourth-order valence-electron chi connectivity index (χ4n) is 9.63. The Morgan fingerprint density at radius 3 is 1.62 bits per heavy atom. The van der Waals surface area contributed by atoms with Crippen LogP contribution in [-0.4, -0.2) is 24.1 Å². The minimum atomic E-state index is -0.426. The van der Waals surface area contributed by atoms with E-state index in [0.717, 1.165) is 93.1 Å². The molecule has 13 aromatic rings. The second-order valence-corrected chi connectivity index (χ2v) is 16.0. The third kappa shape index (κ3) is 5.61. The zero-order valence-electron chi connectivity index (χ0n) is 39.2. The lowest BCUT2D eigenvalue weighted by Gasteiger charge is -2.17. The van der Waals surface area contributed by atoms with E-state index in [9.17, 15) is 0 Å². The normalized spacial score (nSPS) is 12.8. The molecular formula is C59H37N5. The molecule has 0 aliphatic heterocycles. The highest BCUT2D eigenvalue weighted by Crippen LogP contribution is 2.44. The first-order valence-corrected chi connectivity index (χ1v) is 21.3. The summed E-state index contributed by atoms with van der Waals surface area (Å²) < 4.78 is 47.7. The van der Waals surface area contributed by atoms with E-state index in [1.807, 2.05) is 91.0 Å². The molecule has 0 radical (unpaired) electrons. The Bertz CT molecular complexity index is 4230. The molecule has 0 fully saturated rings. The molecule has 0 unspecified atom stereocenters. The van der Waals surface area contributed by atoms with Crippen LogP contribution in [0.15, 0.2) is 224 Å². The number of para-hydroxylation sites is 2. The van der Waals surface area contributed by atoms with E-state index in [4.69, 9.17) is 21.8 Å². The second kappa shape index (κ2) is 14.5. The van der Waals surface area contributed by atoms with E-state index in [-0.39, 0.29) is 29.7 Å². The van der Waals surface area contributed by atoms with Crippen molar-refractivity contribution >= 4 is 65.2 Å². The van der Waals surface area contributed by atoms with Crippen molar-refractivity contribution in [2.24, 2.45) is 0 Å². The lowest BCUT2D eigenvalue weighted by molar-refractivity contribution is 0.954. The van der Waals surface area contributed by atoms with E-state index in [2.05, 4.69) is 112 Å². The summed E-state index contributed by atoms with van der Waals surface area (Å²) in [6, 6.07) is 64.4. The Hall–Kier alpha value is -8.67. The molecule has 0 atom stereocenters. The standard InChI is InChI=1S/C59H37N5/c1-4-18-38(19-5-1)41-32-35-54(50(36-41)39-20-6-2-7-21-39)63-52-30-16-14-28-46(52)48-33-34-49-47-29-15-17-31-53(47)64(56(49)55(48)63)59-61-57(40-22-8-3-9-23-40)60-58(62-59)51-37-42-24-10-11-25-43(42)44-26-12-13-27-45(44)51/h1-37H/i1D,4D,5D,18D,19D. The lowest BCUT2D eigenvalue weighted by atomic mass is 9.97. The van der Waals surface area contributed by atoms with E-state index in [0.29, 0.717) is 23.2 Å². The van der Waals surface area contributed by atoms with Crippen molar-refractivity contribution in [3.63, 3.8) is 0 Å². The summed E-state index contributed by atoms with van der Waals surface area (Å²) in [5.74, 6) is 1.56. The van der Waals surface area contributed by atoms with Crippen molar-refractivity contribution < 1.29 is 6.85 Å². The predicted molar refractivity (Wildman–Crippen MR) is 265 cm³/mol. The topological polar surface area (TPSA) is 48.5 Å². The van der Waals surface area contributed by atoms with Crippen molar-refractivity contribution in [2.45, 2.75) is 0 Å². The predicted octanol–water partition coefficient (Wildman–Crippen LogP) is 15.0. The van der Waals surface area contributed by atoms with Crippen LogP contribution in [0.5, 0.6) is 0 Å². The Kier molecular flexibility index (Phi) is 7.06. The number of aromatic nitrogens is 5. The summed E-state index contributed by atoms with van der Waals surface area (Å²) in [6.07, 6.45) is 0. The van der Waals surface area contributed by atoms with Gasteiger partial charge in [-0.15, -0.1) is 0 Å². The quantitative estimate of drug-likeness (QED) is 0.157. The molecule has 0 amide bonds. The molecule has 3 aromatic heterocycles. The van der Waals surface area contributed by atoms with Gasteiger partial charge in [0.15, 0.2) is 11.6 Å². The molecule has 0 saturated heterocycles. The molecule has 0 aliphatic rings. The van der Waals surface area contributed by atoms with Crippen LogP contribution in [0.25, 0.3) is 122 Å². The summed E-state index contributed by atoms with van der Waals surface area (Å²) in [5, 5.41) is 8.51. The first-order valence-electron chi connectivity index (χ1n) is 23.8. The van der Waals surface area contributed by atoms with Gasteiger partial charge in [-0.05, 0) is 68.6 Å². The third-order valence-electron chi connectivity index (χ3n) is 12.4. The summed E-state index contributed by atoms with van der Waals surface area (Å²) in [6.45, 7) is 0. The number of nitrogens with zero attached hydrogens (tertiary/aromatic N) is 5. The summed E-state index contributed by atoms with van der Waals surface area (Å²) in [5.41, 5.74) is 8.71. The van der Waals surface area contributed by atoms with Crippen molar-refractivity contribution in [3.8, 4) is 56.7 Å². The van der Waals surface area contributed by atoms with Gasteiger partial charge in [0.25, 0.3) is 0 Å². The molecule has 0 bridgehead atoms. The highest BCUT2D eigenvalue weighted by Gasteiger charge is 2.25. The minimum Gasteiger partial charge on any atom is -0.307 e. The van der Waals surface area contributed by atoms with Crippen LogP contribution in [0.2, 0.25) is 0 Å². The Morgan fingerprint density at radius 1 is 0.344 bits per heavy atom. The maximum atomic E-state index is 8.92. The van der Waals surface area contributed by atoms with Crippen LogP contribution >= 0.6 is 0 Å². The lowest BCUT2D eigenvalue weighted by Crippen LogP contribution is -2.07. The maximum Gasteiger partial charge on any atom is 0.238 e. The average molecular weight is 821 g/mol. The van der Waals surface area contributed by atoms with Crippen LogP contribution in [0.1, 0.15) is 6.85 Å². The molecule has 298 valence electrons. The molecule has 13 rings (SSSR count). The fraction of sp³-hybridized carbons (Fsp3) is 0. The number of fused-ring (bicyclic) bond motifs is 10. The van der Waals surface area contributed by atoms with Gasteiger partial charge in [-0.2, -0.15) is 9.97 Å². The first kappa shape index (κ1) is 31.2. The Labute approximate surface area is 375 Å². The minimum absolute atomic E-state index is 0.147. The smallest absolute Gasteiger partial charge is 0.238 e. The maximum absolute atomic E-state index is 8.92. The van der Waals surface area contributed by atoms with Gasteiger partial charge in [-0.25, -0.2) is 4.98 Å². The van der Waals surface area contributed by atoms with Gasteiger partial charge in [0, 0.05) is 38.2 Å². The molecule has 5 nitrogen and oxygen atoms in total. The van der Waals surface area contributed by atoms with E-state index < -0.39 is 6.04 Å². The second-order valence-electron chi connectivity index (χ2n) is 16.0. The molecular weight excluding hydrogens is 779 g/mol. The molecule has 0 N–H and O–H groups in total. The highest BCUT2D eigenvalue weighted by molar-refractivity contribution is 6.24. The van der Waals surface area contributed by atoms with Crippen molar-refractivity contribution in [1.29, 1.82) is 0 Å². The van der Waals surface area contributed by atoms with Crippen LogP contribution in [-0.2, 0) is 0 Å². The van der Waals surface area contributed by atoms with Gasteiger partial charge in [-0.1, -0.05) is 194 Å². The third-order valence-corrected chi connectivity index (χ3v) is 12.4. The van der Waals surface area contributed by atoms with Crippen LogP contribution in [0.4, 0.5) is 0 Å². The molecule has 0 saturated carbocycles. The zero-order valence-corrected chi connectivity index (χ0v) is 34.2. The summed E-state index contributed by atoms with van der Waals surface area (Å²) >= 11 is 0. The summed E-state index contributed by atoms with van der Waals surface area (Å²) in [7, 11) is 0. The number of hydrogen-bond donors (Lipinski definition) is 0. The molecule has 3 heterocycles. The van der Waals surface area contributed by atoms with Crippen molar-refractivity contribution in [3.05, 3.63) is 224 Å². The van der Waals surface area contributed by atoms with Gasteiger partial charge in [0.05, 0.1) is 34.6 Å². The first-order chi connectivity index (χ1) is 33.8. The van der Waals surface area contributed by atoms with Crippen LogP contribution < -0.4 is 0 Å². The van der Waals surface area contributed by atoms with Crippen LogP contribution in [0.3, 0.4) is 0 Å². The molecule has 64 heavy (non-hydrogen) atoms. The monoisotopic (exact) mass is 820 g/mol. The van der Waals surface area contributed by atoms with E-state index in [1.54, 1.807) is 0 Å². The molecule has 0 spiro atoms. The van der Waals surface area contributed by atoms with Gasteiger partial charge in [0.2, 0.25) is 5.95 Å². The largest absolute Gasteiger partial charge is 0.307 e. The fourth-order valence-corrected chi connectivity index (χ4v) is 9.63. The SMILES string of the molecule is [2H]c1c([2H])c([2H])c(-c2ccc(-n3c4ccccc4c4ccc5c6ccccc6n(-c6nc(-c7ccccc7)nc(-c7cc8ccccc8c8ccccc78)n6)c5c43)c(-c3ccccc3)c2)c([2H])c1[2H]. The average Bonchev–Trinajstić information content (AvgIpc) is 3.93. The number of hydrogen-bond acceptors (Lipinski definition) is 3. The number of benzene rings is 10. The molecule has 5 heteroatoms. The van der Waals surface area contributed by atoms with Gasteiger partial charge >= 0.3 is 0 Å². The Morgan fingerprint density at radius 2 is 0.906 bits per heavy atom. The zero-order chi connectivity index (χ0) is 46.5. The van der Waals surface area contributed by atoms with Gasteiger partial charge in [-0.3, -0.25) is 4.57 Å². The van der Waals surface area contributed by atoms with Crippen LogP contribution in [0, 0.1) is 0 Å². The molecule has 0 aliphatic carbocycles. The van der Waals surface area contributed by atoms with Crippen molar-refractivity contribution in [1.82, 2.24) is 24.1 Å². The number of rotatable bonds is 6. The van der Waals surface area contributed by atoms with E-state index in [1.165, 1.54) is 0 Å². The van der Waals surface area contributed by atoms with Gasteiger partial charge < -0.3 is 4.57 Å². The highest BCUT2D eigenvalue weighted by atomic mass is 15.2. The summed E-state index contributed by atoms with van der Waals surface area (Å²) in [4.78, 5) is 16.1. The Balaban J connectivity index is 1.16. The van der Waals surface area contributed by atoms with Gasteiger partial charge in [0.1, 0.15) is 0 Å².